The van der Waals surface area contributed by atoms with Crippen molar-refractivity contribution < 1.29 is 4.39 Å². The van der Waals surface area contributed by atoms with Crippen molar-refractivity contribution in [2.24, 2.45) is 5.92 Å². The highest BCUT2D eigenvalue weighted by molar-refractivity contribution is 5.09. The van der Waals surface area contributed by atoms with E-state index in [0.717, 1.165) is 25.2 Å². The minimum absolute atomic E-state index is 0.170. The van der Waals surface area contributed by atoms with E-state index in [4.69, 9.17) is 0 Å². The van der Waals surface area contributed by atoms with Gasteiger partial charge < -0.3 is 10.2 Å². The lowest BCUT2D eigenvalue weighted by atomic mass is 10.1. The van der Waals surface area contributed by atoms with Gasteiger partial charge in [0.05, 0.1) is 17.9 Å². The van der Waals surface area contributed by atoms with Crippen molar-refractivity contribution >= 4 is 0 Å². The van der Waals surface area contributed by atoms with Gasteiger partial charge in [0.1, 0.15) is 5.82 Å². The minimum Gasteiger partial charge on any atom is -0.312 e. The van der Waals surface area contributed by atoms with Gasteiger partial charge in [-0.15, -0.1) is 0 Å². The summed E-state index contributed by atoms with van der Waals surface area (Å²) in [7, 11) is 1.93. The van der Waals surface area contributed by atoms with Crippen LogP contribution < -0.4 is 5.32 Å². The third-order valence-corrected chi connectivity index (χ3v) is 3.49. The third-order valence-electron chi connectivity index (χ3n) is 3.49. The maximum Gasteiger partial charge on any atom is 0.141 e. The van der Waals surface area contributed by atoms with Gasteiger partial charge in [-0.2, -0.15) is 0 Å². The van der Waals surface area contributed by atoms with Crippen LogP contribution >= 0.6 is 0 Å². The number of nitrogens with zero attached hydrogens (tertiary/aromatic N) is 2. The number of rotatable bonds is 8. The lowest BCUT2D eigenvalue weighted by Crippen LogP contribution is -2.36. The van der Waals surface area contributed by atoms with Gasteiger partial charge in [-0.1, -0.05) is 13.8 Å². The van der Waals surface area contributed by atoms with Crippen molar-refractivity contribution in [1.82, 2.24) is 15.2 Å². The molecular weight excluding hydrogens is 253 g/mol. The molecule has 1 aromatic heterocycles. The Kier molecular flexibility index (Phi) is 7.10. The minimum atomic E-state index is -0.285. The Bertz CT molecular complexity index is 376. The van der Waals surface area contributed by atoms with E-state index in [-0.39, 0.29) is 11.9 Å². The summed E-state index contributed by atoms with van der Waals surface area (Å²) in [6.07, 6.45) is 2.26. The lowest BCUT2D eigenvalue weighted by Gasteiger charge is -2.29. The van der Waals surface area contributed by atoms with Gasteiger partial charge in [0.2, 0.25) is 0 Å². The summed E-state index contributed by atoms with van der Waals surface area (Å²) in [6, 6.07) is 3.94. The van der Waals surface area contributed by atoms with Crippen LogP contribution in [0.3, 0.4) is 0 Å². The Morgan fingerprint density at radius 2 is 1.95 bits per heavy atom. The Morgan fingerprint density at radius 1 is 1.25 bits per heavy atom. The summed E-state index contributed by atoms with van der Waals surface area (Å²) in [5.74, 6) is 0.376. The SMILES string of the molecule is CNC(CCN(CC(C)C)C(C)C)c1ccc(F)cn1. The van der Waals surface area contributed by atoms with Crippen LogP contribution in [0.1, 0.15) is 45.9 Å². The van der Waals surface area contributed by atoms with E-state index in [2.05, 4.69) is 42.9 Å². The number of halogens is 1. The molecule has 20 heavy (non-hydrogen) atoms. The quantitative estimate of drug-likeness (QED) is 0.793. The van der Waals surface area contributed by atoms with Crippen molar-refractivity contribution in [2.75, 3.05) is 20.1 Å². The Labute approximate surface area is 122 Å². The molecule has 0 bridgehead atoms. The van der Waals surface area contributed by atoms with Crippen LogP contribution in [0, 0.1) is 11.7 Å². The van der Waals surface area contributed by atoms with Crippen LogP contribution in [-0.2, 0) is 0 Å². The van der Waals surface area contributed by atoms with Crippen LogP contribution in [0.15, 0.2) is 18.3 Å². The van der Waals surface area contributed by atoms with Crippen molar-refractivity contribution in [3.8, 4) is 0 Å². The molecule has 0 spiro atoms. The van der Waals surface area contributed by atoms with E-state index in [1.165, 1.54) is 12.3 Å². The fraction of sp³-hybridized carbons (Fsp3) is 0.688. The average molecular weight is 281 g/mol. The van der Waals surface area contributed by atoms with Crippen LogP contribution in [-0.4, -0.2) is 36.1 Å². The van der Waals surface area contributed by atoms with E-state index >= 15 is 0 Å². The average Bonchev–Trinajstić information content (AvgIpc) is 2.39. The number of hydrogen-bond acceptors (Lipinski definition) is 3. The molecule has 3 nitrogen and oxygen atoms in total. The van der Waals surface area contributed by atoms with Crippen LogP contribution in [0.5, 0.6) is 0 Å². The molecule has 1 atom stereocenters. The lowest BCUT2D eigenvalue weighted by molar-refractivity contribution is 0.188. The van der Waals surface area contributed by atoms with E-state index in [9.17, 15) is 4.39 Å². The van der Waals surface area contributed by atoms with Crippen LogP contribution in [0.4, 0.5) is 4.39 Å². The third kappa shape index (κ3) is 5.55. The fourth-order valence-electron chi connectivity index (χ4n) is 2.36. The first-order chi connectivity index (χ1) is 9.43. The van der Waals surface area contributed by atoms with E-state index < -0.39 is 0 Å². The molecule has 1 heterocycles. The molecule has 4 heteroatoms. The second-order valence-electron chi connectivity index (χ2n) is 6.01. The Balaban J connectivity index is 2.61. The van der Waals surface area contributed by atoms with Gasteiger partial charge in [-0.25, -0.2) is 4.39 Å². The molecule has 0 aliphatic carbocycles. The molecule has 0 aliphatic heterocycles. The molecule has 0 radical (unpaired) electrons. The maximum absolute atomic E-state index is 12.9. The smallest absolute Gasteiger partial charge is 0.141 e. The second kappa shape index (κ2) is 8.32. The molecule has 0 aromatic carbocycles. The monoisotopic (exact) mass is 281 g/mol. The zero-order valence-electron chi connectivity index (χ0n) is 13.4. The first-order valence-corrected chi connectivity index (χ1v) is 7.46. The van der Waals surface area contributed by atoms with Gasteiger partial charge in [-0.3, -0.25) is 4.98 Å². The van der Waals surface area contributed by atoms with E-state index in [0.29, 0.717) is 12.0 Å². The molecule has 1 rings (SSSR count). The molecular formula is C16H28FN3. The molecule has 0 saturated carbocycles. The Morgan fingerprint density at radius 3 is 2.40 bits per heavy atom. The zero-order valence-corrected chi connectivity index (χ0v) is 13.4. The van der Waals surface area contributed by atoms with Crippen LogP contribution in [0.2, 0.25) is 0 Å². The Hall–Kier alpha value is -1.00. The van der Waals surface area contributed by atoms with Gasteiger partial charge in [0.15, 0.2) is 0 Å². The molecule has 114 valence electrons. The molecule has 0 amide bonds. The first kappa shape index (κ1) is 17.1. The summed E-state index contributed by atoms with van der Waals surface area (Å²) in [5.41, 5.74) is 0.905. The van der Waals surface area contributed by atoms with Crippen molar-refractivity contribution in [2.45, 2.75) is 46.2 Å². The maximum atomic E-state index is 12.9. The summed E-state index contributed by atoms with van der Waals surface area (Å²) in [6.45, 7) is 11.1. The highest BCUT2D eigenvalue weighted by Crippen LogP contribution is 2.16. The topological polar surface area (TPSA) is 28.2 Å². The summed E-state index contributed by atoms with van der Waals surface area (Å²) >= 11 is 0. The highest BCUT2D eigenvalue weighted by atomic mass is 19.1. The van der Waals surface area contributed by atoms with Gasteiger partial charge in [0.25, 0.3) is 0 Å². The van der Waals surface area contributed by atoms with Crippen LogP contribution in [0.25, 0.3) is 0 Å². The standard InChI is InChI=1S/C16H28FN3/c1-12(2)11-20(13(3)4)9-8-15(18-5)16-7-6-14(17)10-19-16/h6-7,10,12-13,15,18H,8-9,11H2,1-5H3. The molecule has 1 unspecified atom stereocenters. The molecule has 0 aliphatic rings. The van der Waals surface area contributed by atoms with Gasteiger partial charge >= 0.3 is 0 Å². The van der Waals surface area contributed by atoms with Crippen molar-refractivity contribution in [3.05, 3.63) is 29.8 Å². The van der Waals surface area contributed by atoms with E-state index in [1.807, 2.05) is 7.05 Å². The zero-order chi connectivity index (χ0) is 15.1. The molecule has 1 N–H and O–H groups in total. The summed E-state index contributed by atoms with van der Waals surface area (Å²) in [4.78, 5) is 6.66. The van der Waals surface area contributed by atoms with E-state index in [1.54, 1.807) is 6.07 Å². The number of pyridine rings is 1. The molecule has 1 aromatic rings. The highest BCUT2D eigenvalue weighted by Gasteiger charge is 2.16. The normalized spacial score (nSPS) is 13.4. The summed E-state index contributed by atoms with van der Waals surface area (Å²) < 4.78 is 12.9. The number of aromatic nitrogens is 1. The number of nitrogens with one attached hydrogen (secondary N) is 1. The molecule has 0 saturated heterocycles. The first-order valence-electron chi connectivity index (χ1n) is 7.46. The predicted molar refractivity (Wildman–Crippen MR) is 82.2 cm³/mol. The summed E-state index contributed by atoms with van der Waals surface area (Å²) in [5, 5.41) is 3.27. The second-order valence-corrected chi connectivity index (χ2v) is 6.01. The molecule has 0 fully saturated rings. The van der Waals surface area contributed by atoms with Gasteiger partial charge in [0, 0.05) is 19.1 Å². The van der Waals surface area contributed by atoms with Crippen molar-refractivity contribution in [3.63, 3.8) is 0 Å². The largest absolute Gasteiger partial charge is 0.312 e. The predicted octanol–water partition coefficient (Wildman–Crippen LogP) is 3.24. The fourth-order valence-corrected chi connectivity index (χ4v) is 2.36. The van der Waals surface area contributed by atoms with Gasteiger partial charge in [-0.05, 0) is 45.4 Å². The number of hydrogen-bond donors (Lipinski definition) is 1. The van der Waals surface area contributed by atoms with Crippen molar-refractivity contribution in [1.29, 1.82) is 0 Å².